The molecule has 30 heavy (non-hydrogen) atoms. The van der Waals surface area contributed by atoms with Gasteiger partial charge in [-0.05, 0) is 23.1 Å². The smallest absolute Gasteiger partial charge is 0.407 e. The second-order valence-electron chi connectivity index (χ2n) is 7.57. The molecule has 5 nitrogen and oxygen atoms in total. The second-order valence-corrected chi connectivity index (χ2v) is 7.57. The van der Waals surface area contributed by atoms with Gasteiger partial charge in [-0.15, -0.1) is 0 Å². The van der Waals surface area contributed by atoms with Crippen LogP contribution in [0.3, 0.4) is 0 Å². The van der Waals surface area contributed by atoms with E-state index in [1.807, 2.05) is 91.0 Å². The van der Waals surface area contributed by atoms with Crippen molar-refractivity contribution in [2.75, 3.05) is 13.2 Å². The summed E-state index contributed by atoms with van der Waals surface area (Å²) in [6.45, 7) is 0.278. The number of nitrogens with zero attached hydrogens (tertiary/aromatic N) is 1. The summed E-state index contributed by atoms with van der Waals surface area (Å²) in [5.41, 5.74) is 1.98. The monoisotopic (exact) mass is 403 g/mol. The summed E-state index contributed by atoms with van der Waals surface area (Å²) in [4.78, 5) is 12.9. The van der Waals surface area contributed by atoms with Gasteiger partial charge in [0.15, 0.2) is 0 Å². The van der Waals surface area contributed by atoms with Gasteiger partial charge >= 0.3 is 6.09 Å². The first-order valence-electron chi connectivity index (χ1n) is 10.1. The summed E-state index contributed by atoms with van der Waals surface area (Å²) >= 11 is 0. The highest BCUT2D eigenvalue weighted by Crippen LogP contribution is 2.41. The Morgan fingerprint density at radius 3 is 1.70 bits per heavy atom. The second kappa shape index (κ2) is 8.69. The normalized spacial score (nSPS) is 19.0. The highest BCUT2D eigenvalue weighted by molar-refractivity contribution is 5.66. The van der Waals surface area contributed by atoms with Crippen LogP contribution in [0.2, 0.25) is 0 Å². The summed E-state index contributed by atoms with van der Waals surface area (Å²) in [6.07, 6.45) is -1.35. The molecule has 2 N–H and O–H groups in total. The first-order valence-corrected chi connectivity index (χ1v) is 10.1. The largest absolute Gasteiger partial charge is 0.465 e. The first-order chi connectivity index (χ1) is 14.6. The highest BCUT2D eigenvalue weighted by Gasteiger charge is 2.41. The first kappa shape index (κ1) is 20.1. The standard InChI is InChI=1S/C25H25NO4/c27-23-16-22(26(17-23)24(28)29)18-30-25(19-10-4-1-5-11-19,20-12-6-2-7-13-20)21-14-8-3-9-15-21/h1-15,22-23,27H,16-18H2,(H,28,29)/t22-,23+/m0/s1. The molecule has 0 aromatic heterocycles. The minimum atomic E-state index is -1.04. The molecule has 0 saturated carbocycles. The van der Waals surface area contributed by atoms with Crippen LogP contribution < -0.4 is 0 Å². The average molecular weight is 403 g/mol. The molecule has 3 aromatic rings. The number of likely N-dealkylation sites (tertiary alicyclic amines) is 1. The van der Waals surface area contributed by atoms with E-state index in [0.717, 1.165) is 16.7 Å². The fourth-order valence-corrected chi connectivity index (χ4v) is 4.27. The molecule has 154 valence electrons. The van der Waals surface area contributed by atoms with E-state index in [0.29, 0.717) is 6.42 Å². The Morgan fingerprint density at radius 1 is 0.867 bits per heavy atom. The molecule has 0 unspecified atom stereocenters. The van der Waals surface area contributed by atoms with Gasteiger partial charge in [0.1, 0.15) is 5.60 Å². The lowest BCUT2D eigenvalue weighted by molar-refractivity contribution is -0.0134. The average Bonchev–Trinajstić information content (AvgIpc) is 3.17. The van der Waals surface area contributed by atoms with E-state index in [9.17, 15) is 15.0 Å². The zero-order valence-corrected chi connectivity index (χ0v) is 16.6. The van der Waals surface area contributed by atoms with E-state index >= 15 is 0 Å². The number of carboxylic acid groups (broad SMARTS) is 1. The number of benzene rings is 3. The molecular weight excluding hydrogens is 378 g/mol. The number of amides is 1. The van der Waals surface area contributed by atoms with Crippen molar-refractivity contribution in [2.45, 2.75) is 24.2 Å². The summed E-state index contributed by atoms with van der Waals surface area (Å²) in [5.74, 6) is 0. The minimum absolute atomic E-state index is 0.109. The lowest BCUT2D eigenvalue weighted by Gasteiger charge is -2.37. The Hall–Kier alpha value is -3.15. The van der Waals surface area contributed by atoms with Gasteiger partial charge in [0.25, 0.3) is 0 Å². The van der Waals surface area contributed by atoms with Crippen LogP contribution >= 0.6 is 0 Å². The summed E-state index contributed by atoms with van der Waals surface area (Å²) in [7, 11) is 0. The zero-order chi connectivity index (χ0) is 21.0. The number of β-amino-alcohol motifs (C(OH)–C–C–N with tert-alkyl or cyclic N) is 1. The van der Waals surface area contributed by atoms with E-state index in [4.69, 9.17) is 4.74 Å². The summed E-state index contributed by atoms with van der Waals surface area (Å²) < 4.78 is 6.68. The van der Waals surface area contributed by atoms with Crippen molar-refractivity contribution >= 4 is 6.09 Å². The molecule has 0 aliphatic carbocycles. The number of aliphatic hydroxyl groups excluding tert-OH is 1. The topological polar surface area (TPSA) is 70.0 Å². The SMILES string of the molecule is O=C(O)N1C[C@H](O)C[C@H]1COC(c1ccccc1)(c1ccccc1)c1ccccc1. The third kappa shape index (κ3) is 3.82. The fraction of sp³-hybridized carbons (Fsp3) is 0.240. The molecule has 1 heterocycles. The molecule has 1 saturated heterocycles. The highest BCUT2D eigenvalue weighted by atomic mass is 16.5. The molecule has 5 heteroatoms. The van der Waals surface area contributed by atoms with Crippen molar-refractivity contribution in [1.82, 2.24) is 4.90 Å². The van der Waals surface area contributed by atoms with E-state index < -0.39 is 23.8 Å². The Morgan fingerprint density at radius 2 is 1.30 bits per heavy atom. The molecule has 1 aliphatic rings. The van der Waals surface area contributed by atoms with Crippen LogP contribution in [0, 0.1) is 0 Å². The molecule has 0 radical (unpaired) electrons. The van der Waals surface area contributed by atoms with Gasteiger partial charge in [0, 0.05) is 0 Å². The molecular formula is C25H25NO4. The van der Waals surface area contributed by atoms with Crippen molar-refractivity contribution in [3.05, 3.63) is 108 Å². The maximum Gasteiger partial charge on any atom is 0.407 e. The molecule has 1 fully saturated rings. The van der Waals surface area contributed by atoms with Crippen LogP contribution in [-0.4, -0.2) is 46.5 Å². The van der Waals surface area contributed by atoms with Crippen LogP contribution in [0.5, 0.6) is 0 Å². The predicted molar refractivity (Wildman–Crippen MR) is 114 cm³/mol. The third-order valence-electron chi connectivity index (χ3n) is 5.67. The Labute approximate surface area is 176 Å². The lowest BCUT2D eigenvalue weighted by atomic mass is 9.80. The molecule has 0 bridgehead atoms. The summed E-state index contributed by atoms with van der Waals surface area (Å²) in [6, 6.07) is 29.5. The van der Waals surface area contributed by atoms with Crippen molar-refractivity contribution in [1.29, 1.82) is 0 Å². The van der Waals surface area contributed by atoms with Crippen molar-refractivity contribution < 1.29 is 19.7 Å². The predicted octanol–water partition coefficient (Wildman–Crippen LogP) is 4.11. The van der Waals surface area contributed by atoms with Crippen LogP contribution in [0.4, 0.5) is 4.79 Å². The van der Waals surface area contributed by atoms with E-state index in [2.05, 4.69) is 0 Å². The Kier molecular flexibility index (Phi) is 5.84. The van der Waals surface area contributed by atoms with Crippen molar-refractivity contribution in [3.63, 3.8) is 0 Å². The van der Waals surface area contributed by atoms with Crippen LogP contribution in [0.25, 0.3) is 0 Å². The van der Waals surface area contributed by atoms with Crippen LogP contribution in [-0.2, 0) is 10.3 Å². The molecule has 1 amide bonds. The molecule has 4 rings (SSSR count). The quantitative estimate of drug-likeness (QED) is 0.608. The lowest BCUT2D eigenvalue weighted by Crippen LogP contribution is -2.41. The van der Waals surface area contributed by atoms with Gasteiger partial charge in [0.05, 0.1) is 25.3 Å². The zero-order valence-electron chi connectivity index (χ0n) is 16.6. The van der Waals surface area contributed by atoms with Gasteiger partial charge in [-0.25, -0.2) is 4.79 Å². The van der Waals surface area contributed by atoms with Crippen LogP contribution in [0.1, 0.15) is 23.1 Å². The number of carbonyl (C=O) groups is 1. The maximum atomic E-state index is 11.7. The molecule has 2 atom stereocenters. The Bertz CT molecular complexity index is 866. The number of rotatable bonds is 6. The van der Waals surface area contributed by atoms with Crippen molar-refractivity contribution in [3.8, 4) is 0 Å². The number of aliphatic hydroxyl groups is 1. The van der Waals surface area contributed by atoms with E-state index in [1.54, 1.807) is 0 Å². The molecule has 0 spiro atoms. The third-order valence-corrected chi connectivity index (χ3v) is 5.67. The fourth-order valence-electron chi connectivity index (χ4n) is 4.27. The minimum Gasteiger partial charge on any atom is -0.465 e. The maximum absolute atomic E-state index is 11.7. The number of hydrogen-bond acceptors (Lipinski definition) is 3. The van der Waals surface area contributed by atoms with Gasteiger partial charge in [-0.1, -0.05) is 91.0 Å². The number of ether oxygens (including phenoxy) is 1. The van der Waals surface area contributed by atoms with Gasteiger partial charge in [-0.2, -0.15) is 0 Å². The number of hydrogen-bond donors (Lipinski definition) is 2. The van der Waals surface area contributed by atoms with E-state index in [-0.39, 0.29) is 13.2 Å². The van der Waals surface area contributed by atoms with Crippen molar-refractivity contribution in [2.24, 2.45) is 0 Å². The van der Waals surface area contributed by atoms with Gasteiger partial charge in [0.2, 0.25) is 0 Å². The van der Waals surface area contributed by atoms with Gasteiger partial charge in [-0.3, -0.25) is 0 Å². The van der Waals surface area contributed by atoms with E-state index in [1.165, 1.54) is 4.90 Å². The summed E-state index contributed by atoms with van der Waals surface area (Å²) in [5, 5.41) is 19.6. The molecule has 3 aromatic carbocycles. The van der Waals surface area contributed by atoms with Crippen LogP contribution in [0.15, 0.2) is 91.0 Å². The molecule has 1 aliphatic heterocycles. The van der Waals surface area contributed by atoms with Gasteiger partial charge < -0.3 is 19.8 Å². The Balaban J connectivity index is 1.80.